The molecule has 130 valence electrons. The highest BCUT2D eigenvalue weighted by atomic mass is 16.3. The van der Waals surface area contributed by atoms with Crippen LogP contribution in [0.1, 0.15) is 32.5 Å². The molecule has 4 rings (SSSR count). The minimum absolute atomic E-state index is 0.146. The Hall–Kier alpha value is -1.43. The molecule has 1 aromatic carbocycles. The molecule has 0 radical (unpaired) electrons. The minimum Gasteiger partial charge on any atom is -0.392 e. The molecule has 2 aliphatic heterocycles. The molecule has 1 aromatic heterocycles. The number of benzene rings is 1. The number of aromatic nitrogens is 2. The van der Waals surface area contributed by atoms with E-state index in [1.807, 2.05) is 0 Å². The number of rotatable bonds is 4. The van der Waals surface area contributed by atoms with Gasteiger partial charge in [-0.15, -0.1) is 0 Å². The van der Waals surface area contributed by atoms with Crippen LogP contribution >= 0.6 is 0 Å². The van der Waals surface area contributed by atoms with Crippen LogP contribution in [-0.2, 0) is 13.1 Å². The first-order valence-electron chi connectivity index (χ1n) is 9.26. The maximum atomic E-state index is 9.95. The van der Waals surface area contributed by atoms with Crippen molar-refractivity contribution < 1.29 is 5.11 Å². The molecule has 0 bridgehead atoms. The molecule has 2 fully saturated rings. The van der Waals surface area contributed by atoms with Crippen molar-refractivity contribution in [3.63, 3.8) is 0 Å². The standard InChI is InChI=1S/C19H28N4O/c1-3-8-23-18-7-5-4-6-17(18)20-19(23)13-21-11-15-9-16(24)12-22(15)10-14(21)2/h4-7,14-16,24H,3,8-13H2,1-2H3/t14-,15?,16-/m1/s1. The van der Waals surface area contributed by atoms with Crippen LogP contribution in [0.4, 0.5) is 0 Å². The molecule has 2 aromatic rings. The molecule has 3 atom stereocenters. The van der Waals surface area contributed by atoms with Gasteiger partial charge in [-0.05, 0) is 31.9 Å². The Labute approximate surface area is 143 Å². The largest absolute Gasteiger partial charge is 0.392 e. The summed E-state index contributed by atoms with van der Waals surface area (Å²) in [5, 5.41) is 9.95. The van der Waals surface area contributed by atoms with E-state index in [1.54, 1.807) is 0 Å². The molecule has 1 unspecified atom stereocenters. The van der Waals surface area contributed by atoms with E-state index < -0.39 is 0 Å². The summed E-state index contributed by atoms with van der Waals surface area (Å²) < 4.78 is 2.39. The second-order valence-electron chi connectivity index (χ2n) is 7.44. The zero-order valence-electron chi connectivity index (χ0n) is 14.7. The Morgan fingerprint density at radius 1 is 1.21 bits per heavy atom. The molecule has 24 heavy (non-hydrogen) atoms. The molecule has 0 amide bonds. The van der Waals surface area contributed by atoms with E-state index in [2.05, 4.69) is 52.5 Å². The van der Waals surface area contributed by atoms with E-state index in [0.717, 1.165) is 51.1 Å². The fourth-order valence-electron chi connectivity index (χ4n) is 4.40. The molecule has 0 spiro atoms. The fraction of sp³-hybridized carbons (Fsp3) is 0.632. The SMILES string of the molecule is CCCn1c(CN2CC3C[C@@H](O)CN3C[C@H]2C)nc2ccccc21. The van der Waals surface area contributed by atoms with Crippen LogP contribution in [0.3, 0.4) is 0 Å². The molecular weight excluding hydrogens is 300 g/mol. The molecule has 0 saturated carbocycles. The number of fused-ring (bicyclic) bond motifs is 2. The molecule has 2 aliphatic rings. The Balaban J connectivity index is 1.58. The van der Waals surface area contributed by atoms with Crippen molar-refractivity contribution in [3.8, 4) is 0 Å². The monoisotopic (exact) mass is 328 g/mol. The van der Waals surface area contributed by atoms with E-state index in [0.29, 0.717) is 12.1 Å². The van der Waals surface area contributed by atoms with Crippen molar-refractivity contribution in [1.29, 1.82) is 0 Å². The van der Waals surface area contributed by atoms with E-state index in [4.69, 9.17) is 4.98 Å². The Kier molecular flexibility index (Phi) is 4.33. The zero-order valence-corrected chi connectivity index (χ0v) is 14.7. The third-order valence-corrected chi connectivity index (χ3v) is 5.60. The number of para-hydroxylation sites is 2. The van der Waals surface area contributed by atoms with Crippen LogP contribution < -0.4 is 0 Å². The number of hydrogen-bond donors (Lipinski definition) is 1. The normalized spacial score (nSPS) is 28.5. The van der Waals surface area contributed by atoms with Gasteiger partial charge < -0.3 is 9.67 Å². The zero-order chi connectivity index (χ0) is 16.7. The van der Waals surface area contributed by atoms with E-state index >= 15 is 0 Å². The van der Waals surface area contributed by atoms with Crippen molar-refractivity contribution in [2.24, 2.45) is 0 Å². The van der Waals surface area contributed by atoms with Gasteiger partial charge in [-0.2, -0.15) is 0 Å². The fourth-order valence-corrected chi connectivity index (χ4v) is 4.40. The first kappa shape index (κ1) is 16.1. The van der Waals surface area contributed by atoms with Gasteiger partial charge in [0.25, 0.3) is 0 Å². The molecule has 1 N–H and O–H groups in total. The lowest BCUT2D eigenvalue weighted by molar-refractivity contribution is 0.0504. The van der Waals surface area contributed by atoms with Gasteiger partial charge in [-0.25, -0.2) is 4.98 Å². The van der Waals surface area contributed by atoms with Crippen LogP contribution in [0, 0.1) is 0 Å². The predicted octanol–water partition coefficient (Wildman–Crippen LogP) is 2.09. The van der Waals surface area contributed by atoms with E-state index in [-0.39, 0.29) is 6.10 Å². The lowest BCUT2D eigenvalue weighted by Gasteiger charge is -2.42. The Morgan fingerprint density at radius 2 is 2.04 bits per heavy atom. The molecule has 0 aliphatic carbocycles. The highest BCUT2D eigenvalue weighted by Gasteiger charge is 2.38. The van der Waals surface area contributed by atoms with Gasteiger partial charge in [0.05, 0.1) is 23.7 Å². The van der Waals surface area contributed by atoms with Gasteiger partial charge in [0.1, 0.15) is 5.82 Å². The van der Waals surface area contributed by atoms with Crippen LogP contribution in [0.15, 0.2) is 24.3 Å². The summed E-state index contributed by atoms with van der Waals surface area (Å²) in [6.45, 7) is 9.37. The average molecular weight is 328 g/mol. The van der Waals surface area contributed by atoms with E-state index in [1.165, 1.54) is 11.3 Å². The number of aliphatic hydroxyl groups excluding tert-OH is 1. The average Bonchev–Trinajstić information content (AvgIpc) is 3.08. The third-order valence-electron chi connectivity index (χ3n) is 5.60. The number of hydrogen-bond acceptors (Lipinski definition) is 4. The van der Waals surface area contributed by atoms with Crippen molar-refractivity contribution >= 4 is 11.0 Å². The van der Waals surface area contributed by atoms with Gasteiger partial charge in [0.2, 0.25) is 0 Å². The predicted molar refractivity (Wildman–Crippen MR) is 95.9 cm³/mol. The third kappa shape index (κ3) is 2.85. The van der Waals surface area contributed by atoms with Crippen molar-refractivity contribution in [2.75, 3.05) is 19.6 Å². The number of nitrogens with zero attached hydrogens (tertiary/aromatic N) is 4. The lowest BCUT2D eigenvalue weighted by atomic mass is 10.1. The van der Waals surface area contributed by atoms with Crippen LogP contribution in [-0.4, -0.2) is 62.3 Å². The van der Waals surface area contributed by atoms with Gasteiger partial charge in [-0.1, -0.05) is 19.1 Å². The van der Waals surface area contributed by atoms with Crippen molar-refractivity contribution in [1.82, 2.24) is 19.4 Å². The number of piperazine rings is 1. The number of imidazole rings is 1. The molecule has 2 saturated heterocycles. The quantitative estimate of drug-likeness (QED) is 0.933. The highest BCUT2D eigenvalue weighted by Crippen LogP contribution is 2.27. The van der Waals surface area contributed by atoms with Gasteiger partial charge in [-0.3, -0.25) is 9.80 Å². The summed E-state index contributed by atoms with van der Waals surface area (Å²) in [6.07, 6.45) is 1.88. The number of aryl methyl sites for hydroxylation is 1. The van der Waals surface area contributed by atoms with Crippen LogP contribution in [0.5, 0.6) is 0 Å². The second-order valence-corrected chi connectivity index (χ2v) is 7.44. The number of aliphatic hydroxyl groups is 1. The van der Waals surface area contributed by atoms with Crippen LogP contribution in [0.25, 0.3) is 11.0 Å². The summed E-state index contributed by atoms with van der Waals surface area (Å²) in [5.41, 5.74) is 2.35. The smallest absolute Gasteiger partial charge is 0.124 e. The maximum absolute atomic E-state index is 9.95. The lowest BCUT2D eigenvalue weighted by Crippen LogP contribution is -2.54. The van der Waals surface area contributed by atoms with Crippen molar-refractivity contribution in [3.05, 3.63) is 30.1 Å². The highest BCUT2D eigenvalue weighted by molar-refractivity contribution is 5.75. The molecular formula is C19H28N4O. The van der Waals surface area contributed by atoms with Gasteiger partial charge >= 0.3 is 0 Å². The topological polar surface area (TPSA) is 44.5 Å². The molecule has 5 heteroatoms. The summed E-state index contributed by atoms with van der Waals surface area (Å²) in [5.74, 6) is 1.18. The van der Waals surface area contributed by atoms with Gasteiger partial charge in [0, 0.05) is 38.3 Å². The minimum atomic E-state index is -0.146. The summed E-state index contributed by atoms with van der Waals surface area (Å²) in [6, 6.07) is 9.45. The maximum Gasteiger partial charge on any atom is 0.124 e. The summed E-state index contributed by atoms with van der Waals surface area (Å²) >= 11 is 0. The first-order chi connectivity index (χ1) is 11.7. The van der Waals surface area contributed by atoms with E-state index in [9.17, 15) is 5.11 Å². The Morgan fingerprint density at radius 3 is 2.88 bits per heavy atom. The second kappa shape index (κ2) is 6.47. The summed E-state index contributed by atoms with van der Waals surface area (Å²) in [4.78, 5) is 9.93. The van der Waals surface area contributed by atoms with Crippen LogP contribution in [0.2, 0.25) is 0 Å². The Bertz CT molecular complexity index is 712. The molecule has 5 nitrogen and oxygen atoms in total. The first-order valence-corrected chi connectivity index (χ1v) is 9.26. The van der Waals surface area contributed by atoms with Gasteiger partial charge in [0.15, 0.2) is 0 Å². The molecule has 3 heterocycles. The van der Waals surface area contributed by atoms with Crippen molar-refractivity contribution in [2.45, 2.75) is 58.0 Å². The summed E-state index contributed by atoms with van der Waals surface area (Å²) in [7, 11) is 0.